The fourth-order valence-electron chi connectivity index (χ4n) is 4.79. The fourth-order valence-corrected chi connectivity index (χ4v) is 7.88. The third kappa shape index (κ3) is 5.99. The van der Waals surface area contributed by atoms with Gasteiger partial charge in [-0.05, 0) is 77.3 Å². The van der Waals surface area contributed by atoms with Gasteiger partial charge in [-0.3, -0.25) is 10.1 Å². The van der Waals surface area contributed by atoms with E-state index >= 15 is 0 Å². The second kappa shape index (κ2) is 10.5. The van der Waals surface area contributed by atoms with Gasteiger partial charge in [0.25, 0.3) is 0 Å². The van der Waals surface area contributed by atoms with Gasteiger partial charge < -0.3 is 15.2 Å². The first kappa shape index (κ1) is 25.8. The number of rotatable bonds is 10. The lowest BCUT2D eigenvalue weighted by atomic mass is 9.86. The summed E-state index contributed by atoms with van der Waals surface area (Å²) in [5.74, 6) is 0.324. The van der Waals surface area contributed by atoms with Crippen LogP contribution in [0.5, 0.6) is 0 Å². The van der Waals surface area contributed by atoms with E-state index in [4.69, 9.17) is 4.74 Å². The van der Waals surface area contributed by atoms with Gasteiger partial charge >= 0.3 is 0 Å². The maximum atomic E-state index is 13.3. The maximum Gasteiger partial charge on any atom is 0.227 e. The number of hydrogen-bond acceptors (Lipinski definition) is 8. The van der Waals surface area contributed by atoms with Crippen molar-refractivity contribution in [3.05, 3.63) is 29.4 Å². The molecule has 8 nitrogen and oxygen atoms in total. The van der Waals surface area contributed by atoms with E-state index in [9.17, 15) is 18.3 Å². The molecule has 10 heteroatoms. The second-order valence-electron chi connectivity index (χ2n) is 10.5. The summed E-state index contributed by atoms with van der Waals surface area (Å²) in [4.78, 5) is 18.1. The van der Waals surface area contributed by atoms with E-state index in [2.05, 4.69) is 15.6 Å². The number of carbonyl (C=O) groups excluding carboxylic acids is 1. The van der Waals surface area contributed by atoms with Gasteiger partial charge in [0.2, 0.25) is 12.3 Å². The molecule has 1 atom stereocenters. The summed E-state index contributed by atoms with van der Waals surface area (Å²) in [7, 11) is -3.47. The monoisotopic (exact) mass is 533 g/mol. The zero-order valence-electron chi connectivity index (χ0n) is 20.8. The van der Waals surface area contributed by atoms with E-state index < -0.39 is 16.3 Å². The number of benzene rings is 1. The van der Waals surface area contributed by atoms with E-state index in [1.54, 1.807) is 29.7 Å². The summed E-state index contributed by atoms with van der Waals surface area (Å²) in [6.07, 6.45) is 7.65. The molecule has 3 aliphatic rings. The number of aliphatic hydroxyl groups excluding tert-OH is 1. The molecule has 1 aromatic heterocycles. The molecule has 0 aliphatic heterocycles. The van der Waals surface area contributed by atoms with Crippen LogP contribution in [0, 0.1) is 5.92 Å². The average Bonchev–Trinajstić information content (AvgIpc) is 3.76. The van der Waals surface area contributed by atoms with Crippen LogP contribution in [0.1, 0.15) is 76.1 Å². The molecule has 3 N–H and O–H groups in total. The van der Waals surface area contributed by atoms with Crippen LogP contribution in [0.15, 0.2) is 29.3 Å². The van der Waals surface area contributed by atoms with Gasteiger partial charge in [-0.1, -0.05) is 6.07 Å². The van der Waals surface area contributed by atoms with Gasteiger partial charge in [0, 0.05) is 35.3 Å². The first-order chi connectivity index (χ1) is 17.2. The number of nitrogens with zero attached hydrogens (tertiary/aromatic N) is 1. The van der Waals surface area contributed by atoms with E-state index in [1.165, 1.54) is 0 Å². The van der Waals surface area contributed by atoms with Crippen molar-refractivity contribution in [1.29, 1.82) is 0 Å². The molecule has 1 heterocycles. The molecule has 1 aromatic carbocycles. The highest BCUT2D eigenvalue weighted by atomic mass is 32.2. The van der Waals surface area contributed by atoms with E-state index in [1.807, 2.05) is 19.9 Å². The minimum Gasteiger partial charge on any atom is -0.356 e. The first-order valence-corrected chi connectivity index (χ1v) is 15.3. The summed E-state index contributed by atoms with van der Waals surface area (Å²) in [5.41, 5.74) is 1.20. The standard InChI is InChI=1S/C26H35N3O5S2/c1-15(2)34-26(31)29-18-7-5-17(6-8-18)25-27-14-22(35-25)21-12-9-19(28-24(30)16-3-4-16)13-23(21)36(32,33)20-10-11-20/h9,12-18,20,26,29,31H,3-8,10-11H2,1-2H3,(H,28,30). The van der Waals surface area contributed by atoms with Gasteiger partial charge in [-0.25, -0.2) is 13.4 Å². The van der Waals surface area contributed by atoms with Crippen LogP contribution in [0.4, 0.5) is 5.69 Å². The van der Waals surface area contributed by atoms with E-state index in [-0.39, 0.29) is 29.2 Å². The van der Waals surface area contributed by atoms with Crippen molar-refractivity contribution in [2.75, 3.05) is 5.32 Å². The smallest absolute Gasteiger partial charge is 0.227 e. The number of thiazole rings is 1. The average molecular weight is 534 g/mol. The number of amides is 1. The van der Waals surface area contributed by atoms with Crippen LogP contribution < -0.4 is 10.6 Å². The number of ether oxygens (including phenoxy) is 1. The lowest BCUT2D eigenvalue weighted by Crippen LogP contribution is -2.42. The summed E-state index contributed by atoms with van der Waals surface area (Å²) >= 11 is 1.56. The minimum absolute atomic E-state index is 0.0361. The number of anilines is 1. The van der Waals surface area contributed by atoms with Crippen LogP contribution in [-0.2, 0) is 19.4 Å². The predicted molar refractivity (Wildman–Crippen MR) is 139 cm³/mol. The largest absolute Gasteiger partial charge is 0.356 e. The van der Waals surface area contributed by atoms with Crippen molar-refractivity contribution < 1.29 is 23.1 Å². The fraction of sp³-hybridized carbons (Fsp3) is 0.615. The van der Waals surface area contributed by atoms with Crippen molar-refractivity contribution in [3.8, 4) is 10.4 Å². The Bertz CT molecular complexity index is 1200. The zero-order chi connectivity index (χ0) is 25.4. The summed E-state index contributed by atoms with van der Waals surface area (Å²) in [6.45, 7) is 3.78. The Kier molecular flexibility index (Phi) is 7.51. The van der Waals surface area contributed by atoms with Crippen LogP contribution in [0.2, 0.25) is 0 Å². The highest BCUT2D eigenvalue weighted by molar-refractivity contribution is 7.92. The van der Waals surface area contributed by atoms with Gasteiger partial charge in [0.1, 0.15) is 0 Å². The molecule has 196 valence electrons. The second-order valence-corrected chi connectivity index (χ2v) is 13.8. The highest BCUT2D eigenvalue weighted by Crippen LogP contribution is 2.43. The molecule has 3 saturated carbocycles. The van der Waals surface area contributed by atoms with Crippen molar-refractivity contribution in [3.63, 3.8) is 0 Å². The normalized spacial score (nSPS) is 23.6. The number of nitrogens with one attached hydrogen (secondary N) is 2. The summed E-state index contributed by atoms with van der Waals surface area (Å²) in [5, 5.41) is 16.7. The van der Waals surface area contributed by atoms with Crippen LogP contribution >= 0.6 is 11.3 Å². The van der Waals surface area contributed by atoms with Gasteiger partial charge in [0.15, 0.2) is 9.84 Å². The third-order valence-corrected chi connectivity index (χ3v) is 10.6. The minimum atomic E-state index is -3.47. The topological polar surface area (TPSA) is 118 Å². The Morgan fingerprint density at radius 1 is 1.11 bits per heavy atom. The summed E-state index contributed by atoms with van der Waals surface area (Å²) in [6, 6.07) is 5.43. The molecular formula is C26H35N3O5S2. The molecule has 1 amide bonds. The SMILES string of the molecule is CC(C)OC(O)NC1CCC(c2ncc(-c3ccc(NC(=O)C4CC4)cc3S(=O)(=O)C3CC3)s2)CC1. The number of aromatic nitrogens is 1. The molecule has 0 spiro atoms. The lowest BCUT2D eigenvalue weighted by molar-refractivity contribution is -0.150. The third-order valence-electron chi connectivity index (χ3n) is 7.11. The molecule has 2 aromatic rings. The van der Waals surface area contributed by atoms with E-state index in [0.29, 0.717) is 34.9 Å². The van der Waals surface area contributed by atoms with E-state index in [0.717, 1.165) is 48.4 Å². The highest BCUT2D eigenvalue weighted by Gasteiger charge is 2.39. The Labute approximate surface area is 216 Å². The molecular weight excluding hydrogens is 498 g/mol. The molecule has 0 saturated heterocycles. The molecule has 0 bridgehead atoms. The predicted octanol–water partition coefficient (Wildman–Crippen LogP) is 4.41. The molecule has 1 unspecified atom stereocenters. The van der Waals surface area contributed by atoms with Gasteiger partial charge in [0.05, 0.1) is 26.1 Å². The summed E-state index contributed by atoms with van der Waals surface area (Å²) < 4.78 is 32.0. The van der Waals surface area contributed by atoms with Crippen molar-refractivity contribution in [2.24, 2.45) is 5.92 Å². The molecule has 3 fully saturated rings. The maximum absolute atomic E-state index is 13.3. The van der Waals surface area contributed by atoms with Crippen LogP contribution in [0.3, 0.4) is 0 Å². The first-order valence-electron chi connectivity index (χ1n) is 12.9. The number of aliphatic hydroxyl groups is 1. The van der Waals surface area contributed by atoms with Gasteiger partial charge in [-0.2, -0.15) is 0 Å². The van der Waals surface area contributed by atoms with Crippen molar-refractivity contribution >= 4 is 32.8 Å². The number of carbonyl (C=O) groups is 1. The molecule has 3 aliphatic carbocycles. The Morgan fingerprint density at radius 2 is 1.83 bits per heavy atom. The molecule has 0 radical (unpaired) electrons. The Hall–Kier alpha value is -1.85. The van der Waals surface area contributed by atoms with Gasteiger partial charge in [-0.15, -0.1) is 11.3 Å². The molecule has 5 rings (SSSR count). The zero-order valence-corrected chi connectivity index (χ0v) is 22.4. The Morgan fingerprint density at radius 3 is 2.47 bits per heavy atom. The van der Waals surface area contributed by atoms with Crippen LogP contribution in [0.25, 0.3) is 10.4 Å². The lowest BCUT2D eigenvalue weighted by Gasteiger charge is -2.30. The van der Waals surface area contributed by atoms with Crippen molar-refractivity contribution in [2.45, 2.75) is 99.8 Å². The quantitative estimate of drug-likeness (QED) is 0.387. The Balaban J connectivity index is 1.31. The van der Waals surface area contributed by atoms with Crippen LogP contribution in [-0.4, -0.2) is 48.2 Å². The number of hydrogen-bond donors (Lipinski definition) is 3. The van der Waals surface area contributed by atoms with Crippen molar-refractivity contribution in [1.82, 2.24) is 10.3 Å². The molecule has 36 heavy (non-hydrogen) atoms. The number of sulfone groups is 1.